The maximum atomic E-state index is 13.0. The number of fused-ring (bicyclic) bond motifs is 1. The first-order valence-electron chi connectivity index (χ1n) is 10.6. The van der Waals surface area contributed by atoms with Crippen molar-refractivity contribution in [2.75, 3.05) is 18.9 Å². The molecule has 194 valence electrons. The van der Waals surface area contributed by atoms with Crippen molar-refractivity contribution in [2.24, 2.45) is 5.16 Å². The van der Waals surface area contributed by atoms with Crippen molar-refractivity contribution in [2.45, 2.75) is 44.7 Å². The zero-order valence-electron chi connectivity index (χ0n) is 19.9. The lowest BCUT2D eigenvalue weighted by molar-refractivity contribution is -0.160. The van der Waals surface area contributed by atoms with Crippen LogP contribution in [0.25, 0.3) is 0 Å². The van der Waals surface area contributed by atoms with E-state index in [4.69, 9.17) is 9.57 Å². The molecule has 0 spiro atoms. The summed E-state index contributed by atoms with van der Waals surface area (Å²) in [6.45, 7) is 5.83. The number of rotatable bonds is 9. The van der Waals surface area contributed by atoms with Crippen molar-refractivity contribution in [1.82, 2.24) is 20.5 Å². The predicted octanol–water partition coefficient (Wildman–Crippen LogP) is 0.0802. The van der Waals surface area contributed by atoms with Crippen LogP contribution in [0.1, 0.15) is 33.4 Å². The number of esters is 1. The number of aromatic nitrogens is 1. The van der Waals surface area contributed by atoms with Crippen LogP contribution >= 0.6 is 23.1 Å². The molecular weight excluding hydrogens is 514 g/mol. The van der Waals surface area contributed by atoms with Gasteiger partial charge in [0.25, 0.3) is 11.8 Å². The molecule has 1 saturated heterocycles. The van der Waals surface area contributed by atoms with Crippen LogP contribution < -0.4 is 10.6 Å². The molecular formula is C21H25N5O8S2. The zero-order chi connectivity index (χ0) is 26.6. The summed E-state index contributed by atoms with van der Waals surface area (Å²) < 4.78 is 5.13. The minimum Gasteiger partial charge on any atom is -0.477 e. The number of oxime groups is 1. The molecule has 1 fully saturated rings. The molecule has 0 radical (unpaired) electrons. The summed E-state index contributed by atoms with van der Waals surface area (Å²) in [5, 5.41) is 19.4. The van der Waals surface area contributed by atoms with Gasteiger partial charge < -0.3 is 25.3 Å². The molecule has 2 aliphatic rings. The molecule has 3 rings (SSSR count). The van der Waals surface area contributed by atoms with Gasteiger partial charge in [0, 0.05) is 24.6 Å². The number of carbonyl (C=O) groups is 5. The summed E-state index contributed by atoms with van der Waals surface area (Å²) in [5.74, 6) is -3.48. The van der Waals surface area contributed by atoms with Crippen molar-refractivity contribution in [3.8, 4) is 0 Å². The van der Waals surface area contributed by atoms with Crippen molar-refractivity contribution < 1.29 is 38.7 Å². The zero-order valence-corrected chi connectivity index (χ0v) is 21.5. The third-order valence-electron chi connectivity index (χ3n) is 4.74. The number of thioether (sulfide) groups is 1. The van der Waals surface area contributed by atoms with E-state index in [1.807, 2.05) is 0 Å². The first kappa shape index (κ1) is 27.1. The lowest BCUT2D eigenvalue weighted by Gasteiger charge is -2.49. The van der Waals surface area contributed by atoms with Gasteiger partial charge in [-0.25, -0.2) is 14.6 Å². The smallest absolute Gasteiger partial charge is 0.352 e. The number of β-lactam (4-membered cyclic amide) rings is 1. The van der Waals surface area contributed by atoms with Crippen molar-refractivity contribution >= 4 is 58.5 Å². The maximum Gasteiger partial charge on any atom is 0.352 e. The lowest BCUT2D eigenvalue weighted by atomic mass is 10.0. The van der Waals surface area contributed by atoms with E-state index in [2.05, 4.69) is 20.8 Å². The third-order valence-corrected chi connectivity index (χ3v) is 6.66. The molecule has 1 aromatic rings. The van der Waals surface area contributed by atoms with Gasteiger partial charge in [-0.1, -0.05) is 5.16 Å². The molecule has 15 heteroatoms. The molecule has 0 bridgehead atoms. The third kappa shape index (κ3) is 6.40. The van der Waals surface area contributed by atoms with Crippen LogP contribution in [-0.2, 0) is 33.5 Å². The monoisotopic (exact) mass is 539 g/mol. The minimum atomic E-state index is -1.31. The highest BCUT2D eigenvalue weighted by molar-refractivity contribution is 8.00. The molecule has 36 heavy (non-hydrogen) atoms. The van der Waals surface area contributed by atoms with Crippen LogP contribution in [0.2, 0.25) is 0 Å². The molecule has 3 amide bonds. The van der Waals surface area contributed by atoms with Gasteiger partial charge in [0.1, 0.15) is 28.4 Å². The number of nitrogens with one attached hydrogen (secondary N) is 2. The van der Waals surface area contributed by atoms with Crippen LogP contribution in [0.3, 0.4) is 0 Å². The fourth-order valence-electron chi connectivity index (χ4n) is 3.31. The number of aliphatic carboxylic acids is 1. The normalized spacial score (nSPS) is 19.7. The van der Waals surface area contributed by atoms with Gasteiger partial charge in [0.2, 0.25) is 12.5 Å². The van der Waals surface area contributed by atoms with Crippen molar-refractivity contribution in [3.63, 3.8) is 0 Å². The Bertz CT molecular complexity index is 1130. The highest BCUT2D eigenvalue weighted by atomic mass is 32.2. The van der Waals surface area contributed by atoms with Gasteiger partial charge in [-0.05, 0) is 26.3 Å². The molecule has 1 aromatic heterocycles. The first-order chi connectivity index (χ1) is 16.9. The number of hydrogen-bond donors (Lipinski definition) is 3. The number of ether oxygens (including phenoxy) is 1. The number of thiazole rings is 1. The van der Waals surface area contributed by atoms with Crippen LogP contribution in [0.15, 0.2) is 27.3 Å². The largest absolute Gasteiger partial charge is 0.477 e. The standard InChI is InChI=1S/C21H25N5O8S2/c1-10(27)22-5-11-7-36-19-15(18(30)26(19)16(11)20(31)32)24-17(29)14(12-8-35-9-23-12)25-33-6-13(28)34-21(2,3)4/h8-9,15,19H,5-7H2,1-4H3,(H,22,27)(H,24,29)(H,31,32)/b25-14-/t15?,19-/m1/s1. The number of hydrogen-bond acceptors (Lipinski definition) is 11. The van der Waals surface area contributed by atoms with E-state index in [1.54, 1.807) is 26.2 Å². The van der Waals surface area contributed by atoms with Crippen LogP contribution in [0.4, 0.5) is 0 Å². The highest BCUT2D eigenvalue weighted by Gasteiger charge is 2.54. The van der Waals surface area contributed by atoms with Gasteiger partial charge >= 0.3 is 11.9 Å². The van der Waals surface area contributed by atoms with E-state index < -0.39 is 47.4 Å². The summed E-state index contributed by atoms with van der Waals surface area (Å²) in [5.41, 5.74) is 0.838. The molecule has 2 aliphatic heterocycles. The van der Waals surface area contributed by atoms with E-state index in [0.29, 0.717) is 5.57 Å². The predicted molar refractivity (Wildman–Crippen MR) is 129 cm³/mol. The molecule has 0 aromatic carbocycles. The van der Waals surface area contributed by atoms with E-state index in [0.717, 1.165) is 4.90 Å². The Labute approximate surface area is 214 Å². The van der Waals surface area contributed by atoms with Crippen LogP contribution in [0.5, 0.6) is 0 Å². The molecule has 3 heterocycles. The highest BCUT2D eigenvalue weighted by Crippen LogP contribution is 2.40. The summed E-state index contributed by atoms with van der Waals surface area (Å²) in [4.78, 5) is 70.9. The fourth-order valence-corrected chi connectivity index (χ4v) is 5.20. The summed E-state index contributed by atoms with van der Waals surface area (Å²) in [7, 11) is 0. The Morgan fingerprint density at radius 1 is 1.31 bits per heavy atom. The Kier molecular flexibility index (Phi) is 8.35. The quantitative estimate of drug-likeness (QED) is 0.169. The van der Waals surface area contributed by atoms with Gasteiger partial charge in [0.05, 0.1) is 5.51 Å². The SMILES string of the molecule is CC(=O)NCC1=C(C(=O)O)N2C(=O)C(NC(=O)/C(=N\OCC(=O)OC(C)(C)C)c3cscn3)[C@H]2SC1. The second-order valence-electron chi connectivity index (χ2n) is 8.70. The lowest BCUT2D eigenvalue weighted by Crippen LogP contribution is -2.71. The van der Waals surface area contributed by atoms with Gasteiger partial charge in [-0.3, -0.25) is 19.3 Å². The Morgan fingerprint density at radius 3 is 2.61 bits per heavy atom. The average Bonchev–Trinajstić information content (AvgIpc) is 3.31. The van der Waals surface area contributed by atoms with Crippen molar-refractivity contribution in [1.29, 1.82) is 0 Å². The Balaban J connectivity index is 1.72. The van der Waals surface area contributed by atoms with E-state index in [1.165, 1.54) is 35.5 Å². The fraction of sp³-hybridized carbons (Fsp3) is 0.476. The Hall–Kier alpha value is -3.46. The summed E-state index contributed by atoms with van der Waals surface area (Å²) in [6, 6.07) is -1.02. The van der Waals surface area contributed by atoms with Gasteiger partial charge in [-0.2, -0.15) is 0 Å². The second kappa shape index (κ2) is 11.1. The molecule has 13 nitrogen and oxygen atoms in total. The summed E-state index contributed by atoms with van der Waals surface area (Å²) in [6.07, 6.45) is 0. The summed E-state index contributed by atoms with van der Waals surface area (Å²) >= 11 is 2.46. The second-order valence-corrected chi connectivity index (χ2v) is 10.5. The molecule has 2 atom stereocenters. The number of carboxylic acid groups (broad SMARTS) is 1. The first-order valence-corrected chi connectivity index (χ1v) is 12.6. The van der Waals surface area contributed by atoms with E-state index in [-0.39, 0.29) is 35.3 Å². The number of carboxylic acids is 1. The topological polar surface area (TPSA) is 177 Å². The number of nitrogens with zero attached hydrogens (tertiary/aromatic N) is 3. The molecule has 1 unspecified atom stereocenters. The maximum absolute atomic E-state index is 13.0. The molecule has 0 saturated carbocycles. The van der Waals surface area contributed by atoms with Crippen molar-refractivity contribution in [3.05, 3.63) is 27.9 Å². The van der Waals surface area contributed by atoms with Gasteiger partial charge in [-0.15, -0.1) is 23.1 Å². The molecule has 0 aliphatic carbocycles. The van der Waals surface area contributed by atoms with Crippen LogP contribution in [-0.4, -0.2) is 86.3 Å². The van der Waals surface area contributed by atoms with E-state index >= 15 is 0 Å². The Morgan fingerprint density at radius 2 is 2.03 bits per heavy atom. The van der Waals surface area contributed by atoms with Gasteiger partial charge in [0.15, 0.2) is 5.71 Å². The van der Waals surface area contributed by atoms with E-state index in [9.17, 15) is 29.1 Å². The average molecular weight is 540 g/mol. The number of carbonyl (C=O) groups excluding carboxylic acids is 4. The number of amides is 3. The van der Waals surface area contributed by atoms with Crippen LogP contribution in [0, 0.1) is 0 Å². The molecule has 3 N–H and O–H groups in total. The minimum absolute atomic E-state index is 0.00683.